The first-order valence-corrected chi connectivity index (χ1v) is 7.11. The van der Waals surface area contributed by atoms with Crippen LogP contribution in [0.1, 0.15) is 5.69 Å². The van der Waals surface area contributed by atoms with Crippen molar-refractivity contribution in [1.82, 2.24) is 4.57 Å². The Kier molecular flexibility index (Phi) is 3.56. The lowest BCUT2D eigenvalue weighted by molar-refractivity contribution is 1.02. The summed E-state index contributed by atoms with van der Waals surface area (Å²) in [6.45, 7) is 2.09. The van der Waals surface area contributed by atoms with Crippen LogP contribution in [0.5, 0.6) is 0 Å². The van der Waals surface area contributed by atoms with E-state index in [4.69, 9.17) is 23.2 Å². The molecule has 100 valence electrons. The maximum atomic E-state index is 5.96. The lowest BCUT2D eigenvalue weighted by Gasteiger charge is -2.12. The van der Waals surface area contributed by atoms with Crippen LogP contribution in [-0.4, -0.2) is 4.57 Å². The first-order chi connectivity index (χ1) is 9.65. The van der Waals surface area contributed by atoms with Crippen LogP contribution in [0.25, 0.3) is 16.9 Å². The Morgan fingerprint density at radius 2 is 1.25 bits per heavy atom. The molecule has 2 aromatic carbocycles. The molecule has 0 aliphatic rings. The standard InChI is InChI=1S/C17H13Cl2N/c1-12-2-11-17(13-3-5-14(18)6-4-13)20(12)16-9-7-15(19)8-10-16/h2-11H,1H3. The van der Waals surface area contributed by atoms with Crippen LogP contribution in [0.2, 0.25) is 10.0 Å². The van der Waals surface area contributed by atoms with Crippen LogP contribution in [0, 0.1) is 6.92 Å². The van der Waals surface area contributed by atoms with Crippen molar-refractivity contribution in [1.29, 1.82) is 0 Å². The fourth-order valence-corrected chi connectivity index (χ4v) is 2.57. The first kappa shape index (κ1) is 13.3. The van der Waals surface area contributed by atoms with Gasteiger partial charge in [-0.25, -0.2) is 0 Å². The molecular formula is C17H13Cl2N. The SMILES string of the molecule is Cc1ccc(-c2ccc(Cl)cc2)n1-c1ccc(Cl)cc1. The maximum absolute atomic E-state index is 5.96. The van der Waals surface area contributed by atoms with Gasteiger partial charge in [0.05, 0.1) is 5.69 Å². The van der Waals surface area contributed by atoms with Crippen molar-refractivity contribution >= 4 is 23.2 Å². The number of nitrogens with zero attached hydrogens (tertiary/aromatic N) is 1. The van der Waals surface area contributed by atoms with Crippen molar-refractivity contribution < 1.29 is 0 Å². The maximum Gasteiger partial charge on any atom is 0.0531 e. The minimum Gasteiger partial charge on any atom is -0.314 e. The van der Waals surface area contributed by atoms with Gasteiger partial charge in [-0.3, -0.25) is 0 Å². The van der Waals surface area contributed by atoms with Crippen molar-refractivity contribution in [2.45, 2.75) is 6.92 Å². The van der Waals surface area contributed by atoms with Crippen molar-refractivity contribution in [3.63, 3.8) is 0 Å². The Bertz CT molecular complexity index is 725. The Balaban J connectivity index is 2.14. The van der Waals surface area contributed by atoms with Gasteiger partial charge in [0.1, 0.15) is 0 Å². The Labute approximate surface area is 128 Å². The highest BCUT2D eigenvalue weighted by molar-refractivity contribution is 6.30. The zero-order valence-electron chi connectivity index (χ0n) is 11.0. The predicted molar refractivity (Wildman–Crippen MR) is 86.0 cm³/mol. The molecular weight excluding hydrogens is 289 g/mol. The van der Waals surface area contributed by atoms with Crippen LogP contribution in [-0.2, 0) is 0 Å². The molecule has 0 radical (unpaired) electrons. The summed E-state index contributed by atoms with van der Waals surface area (Å²) in [5.74, 6) is 0. The molecule has 1 aromatic heterocycles. The summed E-state index contributed by atoms with van der Waals surface area (Å²) in [5.41, 5.74) is 4.55. The van der Waals surface area contributed by atoms with Crippen molar-refractivity contribution in [3.05, 3.63) is 76.4 Å². The Morgan fingerprint density at radius 1 is 0.700 bits per heavy atom. The second kappa shape index (κ2) is 5.35. The molecule has 0 aliphatic carbocycles. The second-order valence-electron chi connectivity index (χ2n) is 4.68. The van der Waals surface area contributed by atoms with Crippen LogP contribution >= 0.6 is 23.2 Å². The van der Waals surface area contributed by atoms with E-state index in [1.54, 1.807) is 0 Å². The van der Waals surface area contributed by atoms with Crippen LogP contribution in [0.4, 0.5) is 0 Å². The molecule has 0 aliphatic heterocycles. The van der Waals surface area contributed by atoms with Gasteiger partial charge in [-0.15, -0.1) is 0 Å². The lowest BCUT2D eigenvalue weighted by Crippen LogP contribution is -1.98. The molecule has 0 bridgehead atoms. The normalized spacial score (nSPS) is 10.8. The molecule has 20 heavy (non-hydrogen) atoms. The zero-order chi connectivity index (χ0) is 14.1. The van der Waals surface area contributed by atoms with Crippen LogP contribution in [0.15, 0.2) is 60.7 Å². The number of aryl methyl sites for hydroxylation is 1. The van der Waals surface area contributed by atoms with E-state index in [0.717, 1.165) is 27.0 Å². The number of benzene rings is 2. The molecule has 0 saturated heterocycles. The molecule has 0 fully saturated rings. The van der Waals surface area contributed by atoms with E-state index in [0.29, 0.717) is 0 Å². The quantitative estimate of drug-likeness (QED) is 0.567. The number of hydrogen-bond acceptors (Lipinski definition) is 0. The summed E-state index contributed by atoms with van der Waals surface area (Å²) in [5, 5.41) is 1.49. The molecule has 1 heterocycles. The number of aromatic nitrogens is 1. The third kappa shape index (κ3) is 2.47. The monoisotopic (exact) mass is 301 g/mol. The predicted octanol–water partition coefficient (Wildman–Crippen LogP) is 5.76. The summed E-state index contributed by atoms with van der Waals surface area (Å²) in [7, 11) is 0. The van der Waals surface area contributed by atoms with Gasteiger partial charge >= 0.3 is 0 Å². The number of hydrogen-bond donors (Lipinski definition) is 0. The molecule has 0 amide bonds. The fraction of sp³-hybridized carbons (Fsp3) is 0.0588. The minimum atomic E-state index is 0.742. The summed E-state index contributed by atoms with van der Waals surface area (Å²) < 4.78 is 2.21. The van der Waals surface area contributed by atoms with E-state index in [1.165, 1.54) is 5.69 Å². The summed E-state index contributed by atoms with van der Waals surface area (Å²) in [6.07, 6.45) is 0. The van der Waals surface area contributed by atoms with E-state index >= 15 is 0 Å². The summed E-state index contributed by atoms with van der Waals surface area (Å²) >= 11 is 11.9. The fourth-order valence-electron chi connectivity index (χ4n) is 2.32. The average Bonchev–Trinajstić information content (AvgIpc) is 2.83. The Hall–Kier alpha value is -1.70. The highest BCUT2D eigenvalue weighted by atomic mass is 35.5. The summed E-state index contributed by atoms with van der Waals surface area (Å²) in [4.78, 5) is 0. The van der Waals surface area contributed by atoms with E-state index in [9.17, 15) is 0 Å². The number of rotatable bonds is 2. The Morgan fingerprint density at radius 3 is 1.85 bits per heavy atom. The third-order valence-corrected chi connectivity index (χ3v) is 3.80. The van der Waals surface area contributed by atoms with Crippen LogP contribution in [0.3, 0.4) is 0 Å². The molecule has 3 heteroatoms. The van der Waals surface area contributed by atoms with Crippen molar-refractivity contribution in [3.8, 4) is 16.9 Å². The van der Waals surface area contributed by atoms with Gasteiger partial charge in [0.15, 0.2) is 0 Å². The van der Waals surface area contributed by atoms with Crippen molar-refractivity contribution in [2.75, 3.05) is 0 Å². The molecule has 3 rings (SSSR count). The highest BCUT2D eigenvalue weighted by Gasteiger charge is 2.09. The number of halogens is 2. The molecule has 1 nitrogen and oxygen atoms in total. The van der Waals surface area contributed by atoms with E-state index in [1.807, 2.05) is 48.5 Å². The third-order valence-electron chi connectivity index (χ3n) is 3.30. The molecule has 3 aromatic rings. The van der Waals surface area contributed by atoms with Crippen LogP contribution < -0.4 is 0 Å². The van der Waals surface area contributed by atoms with Gasteiger partial charge in [-0.1, -0.05) is 35.3 Å². The molecule has 0 unspecified atom stereocenters. The molecule has 0 N–H and O–H groups in total. The van der Waals surface area contributed by atoms with Gasteiger partial charge in [0.2, 0.25) is 0 Å². The highest BCUT2D eigenvalue weighted by Crippen LogP contribution is 2.28. The van der Waals surface area contributed by atoms with Crippen molar-refractivity contribution in [2.24, 2.45) is 0 Å². The molecule has 0 atom stereocenters. The zero-order valence-corrected chi connectivity index (χ0v) is 12.5. The largest absolute Gasteiger partial charge is 0.314 e. The molecule has 0 spiro atoms. The average molecular weight is 302 g/mol. The smallest absolute Gasteiger partial charge is 0.0531 e. The van der Waals surface area contributed by atoms with Gasteiger partial charge in [-0.2, -0.15) is 0 Å². The van der Waals surface area contributed by atoms with E-state index < -0.39 is 0 Å². The second-order valence-corrected chi connectivity index (χ2v) is 5.55. The topological polar surface area (TPSA) is 4.93 Å². The lowest BCUT2D eigenvalue weighted by atomic mass is 10.1. The van der Waals surface area contributed by atoms with Gasteiger partial charge in [-0.05, 0) is 61.0 Å². The minimum absolute atomic E-state index is 0.742. The van der Waals surface area contributed by atoms with E-state index in [2.05, 4.69) is 23.6 Å². The van der Waals surface area contributed by atoms with Gasteiger partial charge in [0.25, 0.3) is 0 Å². The summed E-state index contributed by atoms with van der Waals surface area (Å²) in [6, 6.07) is 20.0. The van der Waals surface area contributed by atoms with Gasteiger partial charge < -0.3 is 4.57 Å². The van der Waals surface area contributed by atoms with Gasteiger partial charge in [0, 0.05) is 21.4 Å². The van der Waals surface area contributed by atoms with E-state index in [-0.39, 0.29) is 0 Å². The molecule has 0 saturated carbocycles. The first-order valence-electron chi connectivity index (χ1n) is 6.35.